The second kappa shape index (κ2) is 8.87. The summed E-state index contributed by atoms with van der Waals surface area (Å²) in [5.74, 6) is -0.126. The maximum absolute atomic E-state index is 11.6. The summed E-state index contributed by atoms with van der Waals surface area (Å²) in [6, 6.07) is 0. The largest absolute Gasteiger partial charge is 0.481 e. The van der Waals surface area contributed by atoms with Crippen LogP contribution in [0.4, 0.5) is 0 Å². The van der Waals surface area contributed by atoms with Gasteiger partial charge in [0.15, 0.2) is 0 Å². The summed E-state index contributed by atoms with van der Waals surface area (Å²) < 4.78 is 0. The Labute approximate surface area is 114 Å². The third kappa shape index (κ3) is 7.12. The van der Waals surface area contributed by atoms with E-state index in [0.717, 1.165) is 38.9 Å². The van der Waals surface area contributed by atoms with Gasteiger partial charge >= 0.3 is 5.97 Å². The molecule has 0 unspecified atom stereocenters. The maximum atomic E-state index is 11.6. The van der Waals surface area contributed by atoms with E-state index >= 15 is 0 Å². The van der Waals surface area contributed by atoms with Gasteiger partial charge in [0.1, 0.15) is 0 Å². The van der Waals surface area contributed by atoms with E-state index in [-0.39, 0.29) is 12.3 Å². The Balaban J connectivity index is 2.08. The molecule has 4 N–H and O–H groups in total. The number of carboxylic acid groups (broad SMARTS) is 1. The zero-order chi connectivity index (χ0) is 14.1. The molecule has 1 amide bonds. The van der Waals surface area contributed by atoms with Gasteiger partial charge in [0.2, 0.25) is 5.91 Å². The van der Waals surface area contributed by atoms with Gasteiger partial charge in [0, 0.05) is 13.0 Å². The van der Waals surface area contributed by atoms with E-state index < -0.39 is 5.97 Å². The number of aliphatic carboxylic acids is 1. The first-order valence-corrected chi connectivity index (χ1v) is 7.02. The second-order valence-electron chi connectivity index (χ2n) is 5.14. The van der Waals surface area contributed by atoms with Gasteiger partial charge < -0.3 is 16.2 Å². The Morgan fingerprint density at radius 3 is 2.58 bits per heavy atom. The first-order chi connectivity index (χ1) is 9.11. The average Bonchev–Trinajstić information content (AvgIpc) is 2.37. The molecule has 1 aliphatic rings. The van der Waals surface area contributed by atoms with Crippen LogP contribution in [0.15, 0.2) is 0 Å². The van der Waals surface area contributed by atoms with Crippen LogP contribution in [0.25, 0.3) is 0 Å². The number of carbonyl (C=O) groups excluding carboxylic acids is 1. The third-order valence-corrected chi connectivity index (χ3v) is 3.54. The van der Waals surface area contributed by atoms with Gasteiger partial charge in [0.25, 0.3) is 0 Å². The Hall–Kier alpha value is -1.14. The number of hydrogen-bond donors (Lipinski definition) is 3. The molecule has 1 rings (SSSR count). The Kier molecular flexibility index (Phi) is 7.43. The number of nitrogens with two attached hydrogens (primary N) is 1. The molecule has 0 saturated carbocycles. The van der Waals surface area contributed by atoms with E-state index in [1.54, 1.807) is 0 Å². The van der Waals surface area contributed by atoms with Gasteiger partial charge in [0.05, 0.1) is 6.54 Å². The van der Waals surface area contributed by atoms with Crippen molar-refractivity contribution < 1.29 is 14.7 Å². The van der Waals surface area contributed by atoms with Crippen LogP contribution in [0.5, 0.6) is 0 Å². The maximum Gasteiger partial charge on any atom is 0.303 e. The molecule has 0 aromatic heterocycles. The fraction of sp³-hybridized carbons (Fsp3) is 0.846. The molecule has 6 heteroatoms. The number of hydrogen-bond acceptors (Lipinski definition) is 4. The van der Waals surface area contributed by atoms with Gasteiger partial charge in [-0.3, -0.25) is 14.5 Å². The number of likely N-dealkylation sites (tertiary alicyclic amines) is 1. The van der Waals surface area contributed by atoms with Gasteiger partial charge in [-0.25, -0.2) is 0 Å². The lowest BCUT2D eigenvalue weighted by atomic mass is 9.94. The lowest BCUT2D eigenvalue weighted by Gasteiger charge is -2.31. The first kappa shape index (κ1) is 15.9. The summed E-state index contributed by atoms with van der Waals surface area (Å²) in [5, 5.41) is 11.2. The van der Waals surface area contributed by atoms with Crippen molar-refractivity contribution >= 4 is 11.9 Å². The monoisotopic (exact) mass is 271 g/mol. The van der Waals surface area contributed by atoms with E-state index in [4.69, 9.17) is 10.8 Å². The number of rotatable bonds is 8. The fourth-order valence-electron chi connectivity index (χ4n) is 2.40. The molecule has 1 saturated heterocycles. The van der Waals surface area contributed by atoms with Crippen molar-refractivity contribution in [2.24, 2.45) is 11.7 Å². The van der Waals surface area contributed by atoms with Crippen molar-refractivity contribution in [3.8, 4) is 0 Å². The van der Waals surface area contributed by atoms with Crippen LogP contribution in [0.2, 0.25) is 0 Å². The number of piperidine rings is 1. The van der Waals surface area contributed by atoms with E-state index in [0.29, 0.717) is 25.4 Å². The van der Waals surface area contributed by atoms with Crippen LogP contribution >= 0.6 is 0 Å². The molecular weight excluding hydrogens is 246 g/mol. The first-order valence-electron chi connectivity index (χ1n) is 7.02. The topological polar surface area (TPSA) is 95.7 Å². The highest BCUT2D eigenvalue weighted by atomic mass is 16.4. The number of nitrogens with one attached hydrogen (secondary N) is 1. The standard InChI is InChI=1S/C13H25N3O3/c14-6-3-11-4-8-16(9-5-11)10-12(17)15-7-1-2-13(18)19/h11H,1-10,14H2,(H,15,17)(H,18,19). The minimum Gasteiger partial charge on any atom is -0.481 e. The highest BCUT2D eigenvalue weighted by Gasteiger charge is 2.19. The molecular formula is C13H25N3O3. The summed E-state index contributed by atoms with van der Waals surface area (Å²) in [4.78, 5) is 24.1. The molecule has 1 fully saturated rings. The van der Waals surface area contributed by atoms with E-state index in [1.807, 2.05) is 0 Å². The number of nitrogens with zero attached hydrogens (tertiary/aromatic N) is 1. The van der Waals surface area contributed by atoms with Gasteiger partial charge in [-0.1, -0.05) is 0 Å². The molecule has 110 valence electrons. The smallest absolute Gasteiger partial charge is 0.303 e. The molecule has 19 heavy (non-hydrogen) atoms. The quantitative estimate of drug-likeness (QED) is 0.541. The number of carboxylic acids is 1. The van der Waals surface area contributed by atoms with Crippen LogP contribution in [0.3, 0.4) is 0 Å². The van der Waals surface area contributed by atoms with Gasteiger partial charge in [-0.2, -0.15) is 0 Å². The highest BCUT2D eigenvalue weighted by molar-refractivity contribution is 5.78. The minimum absolute atomic E-state index is 0.0114. The van der Waals surface area contributed by atoms with Crippen molar-refractivity contribution in [2.75, 3.05) is 32.7 Å². The Bertz CT molecular complexity index is 289. The molecule has 0 atom stereocenters. The predicted molar refractivity (Wildman–Crippen MR) is 72.7 cm³/mol. The highest BCUT2D eigenvalue weighted by Crippen LogP contribution is 2.19. The zero-order valence-corrected chi connectivity index (χ0v) is 11.4. The van der Waals surface area contributed by atoms with Crippen molar-refractivity contribution in [1.29, 1.82) is 0 Å². The molecule has 0 aromatic rings. The third-order valence-electron chi connectivity index (χ3n) is 3.54. The van der Waals surface area contributed by atoms with Crippen LogP contribution in [0.1, 0.15) is 32.1 Å². The lowest BCUT2D eigenvalue weighted by molar-refractivity contribution is -0.137. The van der Waals surface area contributed by atoms with Crippen molar-refractivity contribution in [1.82, 2.24) is 10.2 Å². The van der Waals surface area contributed by atoms with E-state index in [1.165, 1.54) is 0 Å². The van der Waals surface area contributed by atoms with E-state index in [9.17, 15) is 9.59 Å². The second-order valence-corrected chi connectivity index (χ2v) is 5.14. The SMILES string of the molecule is NCCC1CCN(CC(=O)NCCCC(=O)O)CC1. The zero-order valence-electron chi connectivity index (χ0n) is 11.4. The summed E-state index contributed by atoms with van der Waals surface area (Å²) >= 11 is 0. The van der Waals surface area contributed by atoms with E-state index in [2.05, 4.69) is 10.2 Å². The Morgan fingerprint density at radius 1 is 1.32 bits per heavy atom. The average molecular weight is 271 g/mol. The Morgan fingerprint density at radius 2 is 2.00 bits per heavy atom. The molecule has 0 aliphatic carbocycles. The molecule has 0 spiro atoms. The fourth-order valence-corrected chi connectivity index (χ4v) is 2.40. The number of amides is 1. The van der Waals surface area contributed by atoms with Crippen LogP contribution in [-0.2, 0) is 9.59 Å². The number of carbonyl (C=O) groups is 2. The van der Waals surface area contributed by atoms with Crippen molar-refractivity contribution in [2.45, 2.75) is 32.1 Å². The molecule has 0 bridgehead atoms. The normalized spacial score (nSPS) is 17.3. The molecule has 1 aliphatic heterocycles. The summed E-state index contributed by atoms with van der Waals surface area (Å²) in [5.41, 5.74) is 5.54. The van der Waals surface area contributed by atoms with Gasteiger partial charge in [-0.05, 0) is 51.2 Å². The van der Waals surface area contributed by atoms with Crippen molar-refractivity contribution in [3.05, 3.63) is 0 Å². The molecule has 0 radical (unpaired) electrons. The van der Waals surface area contributed by atoms with Crippen LogP contribution < -0.4 is 11.1 Å². The minimum atomic E-state index is -0.823. The molecule has 6 nitrogen and oxygen atoms in total. The summed E-state index contributed by atoms with van der Waals surface area (Å²) in [6.45, 7) is 3.51. The molecule has 1 heterocycles. The molecule has 0 aromatic carbocycles. The lowest BCUT2D eigenvalue weighted by Crippen LogP contribution is -2.42. The summed E-state index contributed by atoms with van der Waals surface area (Å²) in [7, 11) is 0. The van der Waals surface area contributed by atoms with Crippen molar-refractivity contribution in [3.63, 3.8) is 0 Å². The summed E-state index contributed by atoms with van der Waals surface area (Å²) in [6.07, 6.45) is 3.90. The van der Waals surface area contributed by atoms with Gasteiger partial charge in [-0.15, -0.1) is 0 Å². The van der Waals surface area contributed by atoms with Crippen LogP contribution in [0, 0.1) is 5.92 Å². The predicted octanol–water partition coefficient (Wildman–Crippen LogP) is 0.0282. The van der Waals surface area contributed by atoms with Crippen LogP contribution in [-0.4, -0.2) is 54.6 Å².